The van der Waals surface area contributed by atoms with Crippen molar-refractivity contribution in [2.24, 2.45) is 0 Å². The molecule has 1 aromatic carbocycles. The van der Waals surface area contributed by atoms with E-state index < -0.39 is 0 Å². The van der Waals surface area contributed by atoms with Gasteiger partial charge in [0.05, 0.1) is 16.8 Å². The van der Waals surface area contributed by atoms with E-state index in [9.17, 15) is 4.79 Å². The lowest BCUT2D eigenvalue weighted by molar-refractivity contribution is 0.0950. The molecule has 1 aliphatic heterocycles. The van der Waals surface area contributed by atoms with Crippen LogP contribution >= 0.6 is 11.6 Å². The number of nitrogens with one attached hydrogen (secondary N) is 1. The van der Waals surface area contributed by atoms with E-state index in [1.165, 1.54) is 12.8 Å². The number of benzene rings is 1. The lowest BCUT2D eigenvalue weighted by atomic mass is 10.1. The van der Waals surface area contributed by atoms with Crippen molar-refractivity contribution in [2.45, 2.75) is 26.3 Å². The summed E-state index contributed by atoms with van der Waals surface area (Å²) in [7, 11) is 0. The van der Waals surface area contributed by atoms with Gasteiger partial charge in [-0.3, -0.25) is 9.78 Å². The van der Waals surface area contributed by atoms with Crippen LogP contribution in [0.2, 0.25) is 5.02 Å². The van der Waals surface area contributed by atoms with Crippen LogP contribution in [-0.4, -0.2) is 29.0 Å². The average Bonchev–Trinajstić information content (AvgIpc) is 3.21. The molecule has 2 aromatic heterocycles. The maximum atomic E-state index is 12.7. The van der Waals surface area contributed by atoms with E-state index in [-0.39, 0.29) is 5.91 Å². The number of aromatic nitrogens is 2. The summed E-state index contributed by atoms with van der Waals surface area (Å²) in [6.45, 7) is 4.40. The Balaban J connectivity index is 1.50. The smallest absolute Gasteiger partial charge is 0.253 e. The van der Waals surface area contributed by atoms with Crippen molar-refractivity contribution >= 4 is 34.2 Å². The highest BCUT2D eigenvalue weighted by molar-refractivity contribution is 6.31. The standard InChI is InChI=1S/C21H21ClN4O/c1-14-18(12-16-11-17(22)4-5-19(16)25-14)21(27)24-13-15-6-7-23-20(10-15)26-8-2-3-9-26/h4-7,10-12H,2-3,8-9,13H2,1H3,(H,24,27). The maximum Gasteiger partial charge on any atom is 0.253 e. The van der Waals surface area contributed by atoms with Crippen molar-refractivity contribution in [2.75, 3.05) is 18.0 Å². The van der Waals surface area contributed by atoms with Gasteiger partial charge >= 0.3 is 0 Å². The van der Waals surface area contributed by atoms with E-state index in [2.05, 4.69) is 26.3 Å². The van der Waals surface area contributed by atoms with Gasteiger partial charge in [0.15, 0.2) is 0 Å². The van der Waals surface area contributed by atoms with E-state index in [4.69, 9.17) is 11.6 Å². The first-order valence-corrected chi connectivity index (χ1v) is 9.53. The quantitative estimate of drug-likeness (QED) is 0.739. The van der Waals surface area contributed by atoms with Gasteiger partial charge in [0, 0.05) is 36.2 Å². The molecule has 1 saturated heterocycles. The number of rotatable bonds is 4. The Kier molecular flexibility index (Phi) is 4.94. The summed E-state index contributed by atoms with van der Waals surface area (Å²) < 4.78 is 0. The molecule has 1 N–H and O–H groups in total. The Morgan fingerprint density at radius 3 is 2.81 bits per heavy atom. The molecule has 0 unspecified atom stereocenters. The molecule has 0 atom stereocenters. The summed E-state index contributed by atoms with van der Waals surface area (Å²) in [5.41, 5.74) is 3.14. The van der Waals surface area contributed by atoms with E-state index >= 15 is 0 Å². The maximum absolute atomic E-state index is 12.7. The number of nitrogens with zero attached hydrogens (tertiary/aromatic N) is 3. The molecule has 6 heteroatoms. The number of carbonyl (C=O) groups excluding carboxylic acids is 1. The fourth-order valence-electron chi connectivity index (χ4n) is 3.44. The second-order valence-electron chi connectivity index (χ2n) is 6.86. The summed E-state index contributed by atoms with van der Waals surface area (Å²) in [4.78, 5) is 24.0. The van der Waals surface area contributed by atoms with Gasteiger partial charge in [0.25, 0.3) is 5.91 Å². The monoisotopic (exact) mass is 380 g/mol. The van der Waals surface area contributed by atoms with E-state index in [1.807, 2.05) is 31.2 Å². The van der Waals surface area contributed by atoms with Gasteiger partial charge in [0.1, 0.15) is 5.82 Å². The first-order chi connectivity index (χ1) is 13.1. The van der Waals surface area contributed by atoms with Crippen LogP contribution in [-0.2, 0) is 6.54 Å². The van der Waals surface area contributed by atoms with Crippen molar-refractivity contribution in [3.8, 4) is 0 Å². The first kappa shape index (κ1) is 17.7. The van der Waals surface area contributed by atoms with Gasteiger partial charge in [-0.25, -0.2) is 4.98 Å². The summed E-state index contributed by atoms with van der Waals surface area (Å²) >= 11 is 6.06. The third-order valence-electron chi connectivity index (χ3n) is 4.91. The van der Waals surface area contributed by atoms with Crippen LogP contribution in [0.1, 0.15) is 34.5 Å². The molecule has 0 radical (unpaired) electrons. The molecule has 4 rings (SSSR count). The van der Waals surface area contributed by atoms with Gasteiger partial charge in [-0.05, 0) is 61.7 Å². The first-order valence-electron chi connectivity index (χ1n) is 9.15. The summed E-state index contributed by atoms with van der Waals surface area (Å²) in [5.74, 6) is 0.846. The molecule has 1 fully saturated rings. The van der Waals surface area contributed by atoms with Gasteiger partial charge in [0.2, 0.25) is 0 Å². The highest BCUT2D eigenvalue weighted by atomic mass is 35.5. The molecule has 3 aromatic rings. The number of aryl methyl sites for hydroxylation is 1. The summed E-state index contributed by atoms with van der Waals surface area (Å²) in [5, 5.41) is 4.48. The Morgan fingerprint density at radius 1 is 1.19 bits per heavy atom. The Hall–Kier alpha value is -2.66. The molecule has 0 bridgehead atoms. The van der Waals surface area contributed by atoms with Crippen molar-refractivity contribution in [3.63, 3.8) is 0 Å². The number of pyridine rings is 2. The van der Waals surface area contributed by atoms with Crippen LogP contribution < -0.4 is 10.2 Å². The molecule has 138 valence electrons. The minimum Gasteiger partial charge on any atom is -0.357 e. The second kappa shape index (κ2) is 7.53. The second-order valence-corrected chi connectivity index (χ2v) is 7.29. The number of hydrogen-bond acceptors (Lipinski definition) is 4. The predicted molar refractivity (Wildman–Crippen MR) is 108 cm³/mol. The van der Waals surface area contributed by atoms with Crippen molar-refractivity contribution in [1.82, 2.24) is 15.3 Å². The molecule has 27 heavy (non-hydrogen) atoms. The Labute approximate surface area is 163 Å². The molecular weight excluding hydrogens is 360 g/mol. The predicted octanol–water partition coefficient (Wildman–Crippen LogP) is 4.12. The van der Waals surface area contributed by atoms with Crippen molar-refractivity contribution < 1.29 is 4.79 Å². The number of hydrogen-bond donors (Lipinski definition) is 1. The van der Waals surface area contributed by atoms with E-state index in [0.717, 1.165) is 35.4 Å². The molecule has 0 saturated carbocycles. The SMILES string of the molecule is Cc1nc2ccc(Cl)cc2cc1C(=O)NCc1ccnc(N2CCCC2)c1. The zero-order chi connectivity index (χ0) is 18.8. The normalized spacial score (nSPS) is 13.9. The summed E-state index contributed by atoms with van der Waals surface area (Å²) in [6, 6.07) is 11.3. The van der Waals surface area contributed by atoms with Crippen LogP contribution in [0.25, 0.3) is 10.9 Å². The average molecular weight is 381 g/mol. The number of halogens is 1. The fourth-order valence-corrected chi connectivity index (χ4v) is 3.62. The number of fused-ring (bicyclic) bond motifs is 1. The Morgan fingerprint density at radius 2 is 2.00 bits per heavy atom. The van der Waals surface area contributed by atoms with Gasteiger partial charge in [-0.2, -0.15) is 0 Å². The van der Waals surface area contributed by atoms with E-state index in [1.54, 1.807) is 12.3 Å². The zero-order valence-electron chi connectivity index (χ0n) is 15.2. The van der Waals surface area contributed by atoms with E-state index in [0.29, 0.717) is 22.8 Å². The topological polar surface area (TPSA) is 58.1 Å². The van der Waals surface area contributed by atoms with Crippen LogP contribution in [0.4, 0.5) is 5.82 Å². The third kappa shape index (κ3) is 3.88. The van der Waals surface area contributed by atoms with Crippen LogP contribution in [0.3, 0.4) is 0 Å². The lowest BCUT2D eigenvalue weighted by Crippen LogP contribution is -2.24. The largest absolute Gasteiger partial charge is 0.357 e. The zero-order valence-corrected chi connectivity index (χ0v) is 16.0. The molecule has 5 nitrogen and oxygen atoms in total. The fraction of sp³-hybridized carbons (Fsp3) is 0.286. The molecule has 1 aliphatic rings. The summed E-state index contributed by atoms with van der Waals surface area (Å²) in [6.07, 6.45) is 4.22. The van der Waals surface area contributed by atoms with Gasteiger partial charge in [-0.1, -0.05) is 11.6 Å². The van der Waals surface area contributed by atoms with Gasteiger partial charge in [-0.15, -0.1) is 0 Å². The number of amides is 1. The molecule has 3 heterocycles. The van der Waals surface area contributed by atoms with Gasteiger partial charge < -0.3 is 10.2 Å². The highest BCUT2D eigenvalue weighted by Crippen LogP contribution is 2.21. The minimum absolute atomic E-state index is 0.138. The van der Waals surface area contributed by atoms with Crippen LogP contribution in [0.15, 0.2) is 42.6 Å². The number of anilines is 1. The minimum atomic E-state index is -0.138. The van der Waals surface area contributed by atoms with Crippen molar-refractivity contribution in [1.29, 1.82) is 0 Å². The Bertz CT molecular complexity index is 999. The lowest BCUT2D eigenvalue weighted by Gasteiger charge is -2.17. The van der Waals surface area contributed by atoms with Crippen LogP contribution in [0, 0.1) is 6.92 Å². The third-order valence-corrected chi connectivity index (χ3v) is 5.14. The number of carbonyl (C=O) groups is 1. The molecule has 1 amide bonds. The molecular formula is C21H21ClN4O. The highest BCUT2D eigenvalue weighted by Gasteiger charge is 2.15. The molecule has 0 aliphatic carbocycles. The van der Waals surface area contributed by atoms with Crippen molar-refractivity contribution in [3.05, 3.63) is 64.4 Å². The molecule has 0 spiro atoms. The van der Waals surface area contributed by atoms with Crippen LogP contribution in [0.5, 0.6) is 0 Å².